The van der Waals surface area contributed by atoms with Crippen molar-refractivity contribution in [3.05, 3.63) is 22.5 Å². The fourth-order valence-electron chi connectivity index (χ4n) is 1.65. The van der Waals surface area contributed by atoms with Gasteiger partial charge in [-0.05, 0) is 33.8 Å². The van der Waals surface area contributed by atoms with E-state index in [1.54, 1.807) is 0 Å². The molecule has 2 heterocycles. The van der Waals surface area contributed by atoms with Gasteiger partial charge in [0.05, 0.1) is 16.8 Å². The van der Waals surface area contributed by atoms with Crippen LogP contribution in [0.15, 0.2) is 16.9 Å². The van der Waals surface area contributed by atoms with Crippen molar-refractivity contribution < 1.29 is 14.4 Å². The second-order valence-corrected chi connectivity index (χ2v) is 5.25. The Morgan fingerprint density at radius 3 is 2.18 bits per heavy atom. The summed E-state index contributed by atoms with van der Waals surface area (Å²) in [5.41, 5.74) is -0.900. The first-order chi connectivity index (χ1) is 7.71. The SMILES string of the molecule is CC1(C)OB(c2cc(O)cc(=O)[nH]2)OC1(C)C. The molecule has 1 aromatic rings. The second-order valence-electron chi connectivity index (χ2n) is 5.25. The minimum absolute atomic E-state index is 0.0986. The van der Waals surface area contributed by atoms with E-state index < -0.39 is 18.3 Å². The average Bonchev–Trinajstić information content (AvgIpc) is 2.34. The standard InChI is InChI=1S/C11H16BNO4/c1-10(2)11(3,4)17-12(16-10)8-5-7(14)6-9(15)13-8/h5-6H,1-4H3,(H2,13,14,15). The second kappa shape index (κ2) is 3.61. The molecule has 5 nitrogen and oxygen atoms in total. The maximum Gasteiger partial charge on any atom is 0.512 e. The highest BCUT2D eigenvalue weighted by molar-refractivity contribution is 6.61. The lowest BCUT2D eigenvalue weighted by Crippen LogP contribution is -2.41. The molecule has 1 aromatic heterocycles. The molecule has 0 radical (unpaired) electrons. The predicted molar refractivity (Wildman–Crippen MR) is 64.4 cm³/mol. The Kier molecular flexibility index (Phi) is 2.59. The lowest BCUT2D eigenvalue weighted by Gasteiger charge is -2.32. The van der Waals surface area contributed by atoms with Crippen LogP contribution in [-0.2, 0) is 9.31 Å². The first-order valence-corrected chi connectivity index (χ1v) is 5.50. The molecule has 0 spiro atoms. The smallest absolute Gasteiger partial charge is 0.508 e. The molecule has 92 valence electrons. The summed E-state index contributed by atoms with van der Waals surface area (Å²) in [5, 5.41) is 9.38. The first kappa shape index (κ1) is 12.2. The minimum atomic E-state index is -0.667. The molecule has 1 aliphatic heterocycles. The van der Waals surface area contributed by atoms with Crippen LogP contribution in [0.1, 0.15) is 27.7 Å². The van der Waals surface area contributed by atoms with Crippen molar-refractivity contribution in [1.29, 1.82) is 0 Å². The van der Waals surface area contributed by atoms with E-state index in [2.05, 4.69) is 4.98 Å². The Labute approximate surface area is 99.9 Å². The Balaban J connectivity index is 2.35. The van der Waals surface area contributed by atoms with Crippen molar-refractivity contribution in [2.75, 3.05) is 0 Å². The van der Waals surface area contributed by atoms with Crippen molar-refractivity contribution >= 4 is 12.7 Å². The summed E-state index contributed by atoms with van der Waals surface area (Å²) in [6.45, 7) is 7.70. The van der Waals surface area contributed by atoms with Gasteiger partial charge in [-0.3, -0.25) is 4.79 Å². The third kappa shape index (κ3) is 2.10. The Hall–Kier alpha value is -1.27. The third-order valence-electron chi connectivity index (χ3n) is 3.36. The third-order valence-corrected chi connectivity index (χ3v) is 3.36. The summed E-state index contributed by atoms with van der Waals surface area (Å²) in [7, 11) is -0.667. The molecule has 0 unspecified atom stereocenters. The summed E-state index contributed by atoms with van der Waals surface area (Å²) in [4.78, 5) is 13.9. The zero-order valence-corrected chi connectivity index (χ0v) is 10.4. The Morgan fingerprint density at radius 2 is 1.71 bits per heavy atom. The zero-order chi connectivity index (χ0) is 12.8. The summed E-state index contributed by atoms with van der Waals surface area (Å²) < 4.78 is 11.5. The van der Waals surface area contributed by atoms with Crippen LogP contribution in [0, 0.1) is 0 Å². The van der Waals surface area contributed by atoms with Gasteiger partial charge >= 0.3 is 7.12 Å². The van der Waals surface area contributed by atoms with Gasteiger partial charge in [0, 0.05) is 6.07 Å². The quantitative estimate of drug-likeness (QED) is 0.692. The fourth-order valence-corrected chi connectivity index (χ4v) is 1.65. The van der Waals surface area contributed by atoms with Gasteiger partial charge in [-0.25, -0.2) is 0 Å². The lowest BCUT2D eigenvalue weighted by atomic mass is 9.84. The number of aromatic amines is 1. The maximum atomic E-state index is 11.3. The molecule has 0 atom stereocenters. The number of rotatable bonds is 1. The zero-order valence-electron chi connectivity index (χ0n) is 10.4. The topological polar surface area (TPSA) is 71.5 Å². The van der Waals surface area contributed by atoms with Gasteiger partial charge in [-0.15, -0.1) is 0 Å². The summed E-state index contributed by atoms with van der Waals surface area (Å²) in [6.07, 6.45) is 0. The number of nitrogens with one attached hydrogen (secondary N) is 1. The van der Waals surface area contributed by atoms with Crippen LogP contribution in [0.2, 0.25) is 0 Å². The first-order valence-electron chi connectivity index (χ1n) is 5.50. The summed E-state index contributed by atoms with van der Waals surface area (Å²) >= 11 is 0. The molecule has 6 heteroatoms. The van der Waals surface area contributed by atoms with E-state index in [0.29, 0.717) is 5.59 Å². The normalized spacial score (nSPS) is 21.8. The molecule has 0 saturated carbocycles. The minimum Gasteiger partial charge on any atom is -0.508 e. The van der Waals surface area contributed by atoms with Gasteiger partial charge in [-0.2, -0.15) is 0 Å². The highest BCUT2D eigenvalue weighted by Gasteiger charge is 2.52. The number of H-pyrrole nitrogens is 1. The van der Waals surface area contributed by atoms with Gasteiger partial charge in [0.25, 0.3) is 5.56 Å². The summed E-state index contributed by atoms with van der Waals surface area (Å²) in [5.74, 6) is -0.0986. The molecule has 1 aliphatic rings. The predicted octanol–water partition coefficient (Wildman–Crippen LogP) is 0.380. The van der Waals surface area contributed by atoms with Crippen molar-refractivity contribution in [2.45, 2.75) is 38.9 Å². The van der Waals surface area contributed by atoms with E-state index in [1.807, 2.05) is 27.7 Å². The highest BCUT2D eigenvalue weighted by Crippen LogP contribution is 2.36. The van der Waals surface area contributed by atoms with E-state index >= 15 is 0 Å². The number of pyridine rings is 1. The van der Waals surface area contributed by atoms with Crippen LogP contribution in [0.4, 0.5) is 0 Å². The maximum absolute atomic E-state index is 11.3. The molecule has 0 aliphatic carbocycles. The number of aromatic nitrogens is 1. The van der Waals surface area contributed by atoms with E-state index in [4.69, 9.17) is 9.31 Å². The Morgan fingerprint density at radius 1 is 1.18 bits per heavy atom. The lowest BCUT2D eigenvalue weighted by molar-refractivity contribution is 0.00578. The van der Waals surface area contributed by atoms with Crippen molar-refractivity contribution in [1.82, 2.24) is 4.98 Å². The molecular formula is C11H16BNO4. The number of aromatic hydroxyl groups is 1. The Bertz CT molecular complexity index is 478. The van der Waals surface area contributed by atoms with Crippen LogP contribution in [-0.4, -0.2) is 28.4 Å². The highest BCUT2D eigenvalue weighted by atomic mass is 16.7. The van der Waals surface area contributed by atoms with Gasteiger partial charge in [0.2, 0.25) is 0 Å². The molecule has 17 heavy (non-hydrogen) atoms. The van der Waals surface area contributed by atoms with Crippen molar-refractivity contribution in [3.63, 3.8) is 0 Å². The van der Waals surface area contributed by atoms with Crippen molar-refractivity contribution in [3.8, 4) is 5.75 Å². The van der Waals surface area contributed by atoms with E-state index in [0.717, 1.165) is 6.07 Å². The molecule has 0 amide bonds. The average molecular weight is 237 g/mol. The molecular weight excluding hydrogens is 221 g/mol. The van der Waals surface area contributed by atoms with Crippen LogP contribution in [0.25, 0.3) is 0 Å². The van der Waals surface area contributed by atoms with Crippen LogP contribution in [0.3, 0.4) is 0 Å². The van der Waals surface area contributed by atoms with Crippen LogP contribution in [0.5, 0.6) is 5.75 Å². The molecule has 1 fully saturated rings. The largest absolute Gasteiger partial charge is 0.512 e. The van der Waals surface area contributed by atoms with E-state index in [9.17, 15) is 9.90 Å². The summed E-state index contributed by atoms with van der Waals surface area (Å²) in [6, 6.07) is 2.54. The number of hydrogen-bond donors (Lipinski definition) is 2. The molecule has 2 N–H and O–H groups in total. The van der Waals surface area contributed by atoms with Gasteiger partial charge in [0.1, 0.15) is 5.75 Å². The van der Waals surface area contributed by atoms with Crippen LogP contribution < -0.4 is 11.2 Å². The van der Waals surface area contributed by atoms with Crippen molar-refractivity contribution in [2.24, 2.45) is 0 Å². The van der Waals surface area contributed by atoms with E-state index in [-0.39, 0.29) is 11.3 Å². The monoisotopic (exact) mass is 237 g/mol. The molecule has 2 rings (SSSR count). The number of hydrogen-bond acceptors (Lipinski definition) is 4. The van der Waals surface area contributed by atoms with Gasteiger partial charge in [-0.1, -0.05) is 0 Å². The van der Waals surface area contributed by atoms with Gasteiger partial charge in [0.15, 0.2) is 0 Å². The molecule has 0 aromatic carbocycles. The molecule has 1 saturated heterocycles. The van der Waals surface area contributed by atoms with Crippen LogP contribution >= 0.6 is 0 Å². The fraction of sp³-hybridized carbons (Fsp3) is 0.545. The molecule has 0 bridgehead atoms. The van der Waals surface area contributed by atoms with Gasteiger partial charge < -0.3 is 19.4 Å². The van der Waals surface area contributed by atoms with E-state index in [1.165, 1.54) is 6.07 Å².